The zero-order valence-electron chi connectivity index (χ0n) is 19.1. The van der Waals surface area contributed by atoms with Gasteiger partial charge in [-0.2, -0.15) is 10.4 Å². The maximum atomic E-state index is 11.6. The van der Waals surface area contributed by atoms with E-state index in [-0.39, 0.29) is 0 Å². The molecule has 3 heterocycles. The second-order valence-electron chi connectivity index (χ2n) is 8.49. The van der Waals surface area contributed by atoms with Crippen LogP contribution in [0, 0.1) is 11.3 Å². The number of carbonyl (C=O) groups is 1. The maximum absolute atomic E-state index is 11.6. The number of benzene rings is 2. The minimum atomic E-state index is -0.539. The molecule has 1 fully saturated rings. The van der Waals surface area contributed by atoms with Crippen molar-refractivity contribution in [1.29, 1.82) is 5.26 Å². The number of nitrogens with one attached hydrogen (secondary N) is 1. The first-order valence-electron chi connectivity index (χ1n) is 11.2. The van der Waals surface area contributed by atoms with Crippen LogP contribution >= 0.6 is 0 Å². The lowest BCUT2D eigenvalue weighted by atomic mass is 9.82. The smallest absolute Gasteiger partial charge is 0.153 e. The van der Waals surface area contributed by atoms with Crippen molar-refractivity contribution in [2.45, 2.75) is 31.1 Å². The molecule has 1 unspecified atom stereocenters. The Morgan fingerprint density at radius 1 is 1.21 bits per heavy atom. The molecule has 1 saturated heterocycles. The lowest BCUT2D eigenvalue weighted by Crippen LogP contribution is -2.42. The van der Waals surface area contributed by atoms with E-state index in [1.807, 2.05) is 67.4 Å². The number of likely N-dealkylation sites (tertiary alicyclic amines) is 1. The molecule has 1 atom stereocenters. The Morgan fingerprint density at radius 3 is 2.61 bits per heavy atom. The van der Waals surface area contributed by atoms with Crippen LogP contribution in [-0.2, 0) is 21.7 Å². The molecule has 3 aromatic rings. The predicted octanol–water partition coefficient (Wildman–Crippen LogP) is 3.34. The first-order chi connectivity index (χ1) is 16.1. The second-order valence-corrected chi connectivity index (χ2v) is 8.49. The van der Waals surface area contributed by atoms with Gasteiger partial charge >= 0.3 is 0 Å². The van der Waals surface area contributed by atoms with Gasteiger partial charge in [0.2, 0.25) is 0 Å². The highest BCUT2D eigenvalue weighted by atomic mass is 16.5. The molecule has 7 heteroatoms. The molecule has 170 valence electrons. The number of fused-ring (bicyclic) bond motifs is 2. The zero-order valence-corrected chi connectivity index (χ0v) is 19.1. The number of aromatic nitrogens is 2. The van der Waals surface area contributed by atoms with Crippen LogP contribution in [0.25, 0.3) is 5.69 Å². The van der Waals surface area contributed by atoms with Gasteiger partial charge in [0.1, 0.15) is 6.10 Å². The highest BCUT2D eigenvalue weighted by molar-refractivity contribution is 5.64. The molecule has 1 N–H and O–H groups in total. The second kappa shape index (κ2) is 10.1. The van der Waals surface area contributed by atoms with Crippen molar-refractivity contribution >= 4 is 6.29 Å². The number of aldehydes is 1. The minimum absolute atomic E-state index is 0.474. The summed E-state index contributed by atoms with van der Waals surface area (Å²) in [6.45, 7) is 2.54. The van der Waals surface area contributed by atoms with Crippen LogP contribution in [0.2, 0.25) is 0 Å². The monoisotopic (exact) mass is 443 g/mol. The van der Waals surface area contributed by atoms with Crippen LogP contribution in [0.4, 0.5) is 0 Å². The number of nitriles is 1. The SMILES string of the molecule is CNC.N#Cc1ccc2c(c1)C1(CCN(Cc3cnn(-c4ccccc4)c3)CC1)OC2C=O. The minimum Gasteiger partial charge on any atom is -0.355 e. The number of piperidine rings is 1. The molecule has 2 aliphatic rings. The van der Waals surface area contributed by atoms with Crippen molar-refractivity contribution < 1.29 is 9.53 Å². The number of hydrogen-bond donors (Lipinski definition) is 1. The zero-order chi connectivity index (χ0) is 23.3. The Kier molecular flexibility index (Phi) is 6.99. The number of para-hydroxylation sites is 1. The van der Waals surface area contributed by atoms with Gasteiger partial charge in [0.05, 0.1) is 29.1 Å². The molecule has 33 heavy (non-hydrogen) atoms. The third kappa shape index (κ3) is 4.74. The van der Waals surface area contributed by atoms with E-state index in [2.05, 4.69) is 27.6 Å². The van der Waals surface area contributed by atoms with Crippen LogP contribution < -0.4 is 5.32 Å². The molecule has 2 aromatic carbocycles. The van der Waals surface area contributed by atoms with Gasteiger partial charge in [0.15, 0.2) is 6.29 Å². The quantitative estimate of drug-likeness (QED) is 0.623. The van der Waals surface area contributed by atoms with Crippen molar-refractivity contribution in [3.63, 3.8) is 0 Å². The Morgan fingerprint density at radius 2 is 1.94 bits per heavy atom. The van der Waals surface area contributed by atoms with Crippen LogP contribution in [0.5, 0.6) is 0 Å². The predicted molar refractivity (Wildman–Crippen MR) is 126 cm³/mol. The summed E-state index contributed by atoms with van der Waals surface area (Å²) < 4.78 is 8.15. The molecule has 1 spiro atoms. The molecular weight excluding hydrogens is 414 g/mol. The number of nitrogens with zero attached hydrogens (tertiary/aromatic N) is 4. The molecule has 0 amide bonds. The Bertz CT molecular complexity index is 1130. The van der Waals surface area contributed by atoms with Gasteiger partial charge in [0, 0.05) is 31.4 Å². The summed E-state index contributed by atoms with van der Waals surface area (Å²) in [4.78, 5) is 14.0. The summed E-state index contributed by atoms with van der Waals surface area (Å²) >= 11 is 0. The lowest BCUT2D eigenvalue weighted by Gasteiger charge is -2.39. The summed E-state index contributed by atoms with van der Waals surface area (Å²) in [5, 5.41) is 16.5. The molecule has 7 nitrogen and oxygen atoms in total. The fourth-order valence-electron chi connectivity index (χ4n) is 4.62. The van der Waals surface area contributed by atoms with Gasteiger partial charge in [-0.1, -0.05) is 24.3 Å². The molecule has 0 aliphatic carbocycles. The van der Waals surface area contributed by atoms with Crippen molar-refractivity contribution in [3.05, 3.63) is 83.2 Å². The number of rotatable bonds is 4. The van der Waals surface area contributed by atoms with E-state index in [4.69, 9.17) is 4.74 Å². The van der Waals surface area contributed by atoms with Gasteiger partial charge in [-0.15, -0.1) is 0 Å². The molecule has 1 aromatic heterocycles. The number of hydrogen-bond acceptors (Lipinski definition) is 6. The summed E-state index contributed by atoms with van der Waals surface area (Å²) in [5.74, 6) is 0. The van der Waals surface area contributed by atoms with E-state index in [9.17, 15) is 10.1 Å². The van der Waals surface area contributed by atoms with Crippen LogP contribution in [0.3, 0.4) is 0 Å². The average Bonchev–Trinajstić information content (AvgIpc) is 3.44. The van der Waals surface area contributed by atoms with Gasteiger partial charge in [-0.25, -0.2) is 4.68 Å². The van der Waals surface area contributed by atoms with Gasteiger partial charge in [-0.3, -0.25) is 4.90 Å². The largest absolute Gasteiger partial charge is 0.355 e. The van der Waals surface area contributed by atoms with Crippen molar-refractivity contribution in [2.24, 2.45) is 0 Å². The third-order valence-corrected chi connectivity index (χ3v) is 6.18. The van der Waals surface area contributed by atoms with E-state index in [0.29, 0.717) is 5.56 Å². The normalized spacial score (nSPS) is 18.8. The van der Waals surface area contributed by atoms with Crippen molar-refractivity contribution in [1.82, 2.24) is 20.0 Å². The first-order valence-corrected chi connectivity index (χ1v) is 11.2. The van der Waals surface area contributed by atoms with E-state index < -0.39 is 11.7 Å². The lowest BCUT2D eigenvalue weighted by molar-refractivity contribution is -0.137. The van der Waals surface area contributed by atoms with Gasteiger partial charge < -0.3 is 14.8 Å². The Balaban J connectivity index is 0.000000821. The standard InChI is InChI=1S/C24H22N4O2.C2H7N/c25-13-18-6-7-21-22(12-18)24(30-23(21)17-29)8-10-27(11-9-24)15-19-14-26-28(16-19)20-4-2-1-3-5-20;1-3-2/h1-7,12,14,16-17,23H,8-11,15H2;3H,1-2H3. The van der Waals surface area contributed by atoms with Crippen LogP contribution in [0.15, 0.2) is 60.9 Å². The summed E-state index contributed by atoms with van der Waals surface area (Å²) in [5.41, 5.74) is 4.26. The molecule has 0 bridgehead atoms. The summed E-state index contributed by atoms with van der Waals surface area (Å²) in [6.07, 6.45) is 5.91. The molecule has 2 aliphatic heterocycles. The van der Waals surface area contributed by atoms with Crippen molar-refractivity contribution in [3.8, 4) is 11.8 Å². The maximum Gasteiger partial charge on any atom is 0.153 e. The van der Waals surface area contributed by atoms with E-state index in [1.54, 1.807) is 6.07 Å². The average molecular weight is 444 g/mol. The van der Waals surface area contributed by atoms with E-state index in [1.165, 1.54) is 5.56 Å². The number of ether oxygens (including phenoxy) is 1. The first kappa shape index (κ1) is 22.9. The highest BCUT2D eigenvalue weighted by Gasteiger charge is 2.46. The van der Waals surface area contributed by atoms with Gasteiger partial charge in [0.25, 0.3) is 0 Å². The summed E-state index contributed by atoms with van der Waals surface area (Å²) in [6, 6.07) is 17.8. The topological polar surface area (TPSA) is 83.2 Å². The number of carbonyl (C=O) groups excluding carboxylic acids is 1. The summed E-state index contributed by atoms with van der Waals surface area (Å²) in [7, 11) is 3.75. The van der Waals surface area contributed by atoms with Crippen molar-refractivity contribution in [2.75, 3.05) is 27.2 Å². The van der Waals surface area contributed by atoms with E-state index >= 15 is 0 Å². The molecule has 0 radical (unpaired) electrons. The Hall–Kier alpha value is -3.31. The Labute approximate surface area is 194 Å². The van der Waals surface area contributed by atoms with Crippen LogP contribution in [0.1, 0.15) is 41.2 Å². The molecule has 5 rings (SSSR count). The van der Waals surface area contributed by atoms with E-state index in [0.717, 1.165) is 55.6 Å². The molecule has 0 saturated carbocycles. The van der Waals surface area contributed by atoms with Crippen LogP contribution in [-0.4, -0.2) is 48.2 Å². The molecular formula is C26H29N5O2. The third-order valence-electron chi connectivity index (χ3n) is 6.18. The fraction of sp³-hybridized carbons (Fsp3) is 0.346. The van der Waals surface area contributed by atoms with Gasteiger partial charge in [-0.05, 0) is 62.3 Å². The fourth-order valence-corrected chi connectivity index (χ4v) is 4.62. The highest BCUT2D eigenvalue weighted by Crippen LogP contribution is 2.49.